The van der Waals surface area contributed by atoms with Gasteiger partial charge in [0, 0.05) is 24.7 Å². The lowest BCUT2D eigenvalue weighted by Crippen LogP contribution is -2.31. The van der Waals surface area contributed by atoms with E-state index in [0.717, 1.165) is 24.1 Å². The van der Waals surface area contributed by atoms with Crippen LogP contribution in [0.1, 0.15) is 26.2 Å². The third-order valence-electron chi connectivity index (χ3n) is 4.40. The van der Waals surface area contributed by atoms with Crippen LogP contribution in [0.15, 0.2) is 29.9 Å². The third kappa shape index (κ3) is 2.80. The van der Waals surface area contributed by atoms with Crippen molar-refractivity contribution in [1.29, 1.82) is 0 Å². The molecule has 1 saturated heterocycles. The molecule has 0 spiro atoms. The average molecular weight is 300 g/mol. The van der Waals surface area contributed by atoms with Crippen molar-refractivity contribution in [2.75, 3.05) is 11.9 Å². The summed E-state index contributed by atoms with van der Waals surface area (Å²) in [5, 5.41) is 5.65. The predicted molar refractivity (Wildman–Crippen MR) is 86.6 cm³/mol. The van der Waals surface area contributed by atoms with E-state index < -0.39 is 0 Å². The van der Waals surface area contributed by atoms with Crippen LogP contribution < -0.4 is 5.32 Å². The van der Waals surface area contributed by atoms with E-state index in [1.807, 2.05) is 18.5 Å². The van der Waals surface area contributed by atoms with Gasteiger partial charge in [0.05, 0.1) is 17.3 Å². The Morgan fingerprint density at radius 2 is 2.24 bits per heavy atom. The summed E-state index contributed by atoms with van der Waals surface area (Å²) in [5.41, 5.74) is 0.958. The predicted octanol–water partition coefficient (Wildman–Crippen LogP) is 3.24. The summed E-state index contributed by atoms with van der Waals surface area (Å²) in [6.07, 6.45) is 7.63. The fraction of sp³-hybridized carbons (Fsp3) is 0.500. The van der Waals surface area contributed by atoms with E-state index in [-0.39, 0.29) is 0 Å². The minimum absolute atomic E-state index is 0.494. The first kappa shape index (κ1) is 13.2. The molecule has 2 aromatic rings. The van der Waals surface area contributed by atoms with E-state index in [0.29, 0.717) is 12.1 Å². The SMILES string of the molecule is CC1CC(Nc2cncc(-c3cccs3)n2)CN1C1CC1. The molecule has 4 rings (SSSR count). The summed E-state index contributed by atoms with van der Waals surface area (Å²) in [5.74, 6) is 0.899. The van der Waals surface area contributed by atoms with Crippen molar-refractivity contribution in [3.8, 4) is 10.6 Å². The highest BCUT2D eigenvalue weighted by atomic mass is 32.1. The molecule has 0 aromatic carbocycles. The number of likely N-dealkylation sites (tertiary alicyclic amines) is 1. The maximum atomic E-state index is 4.71. The Morgan fingerprint density at radius 1 is 1.33 bits per heavy atom. The monoisotopic (exact) mass is 300 g/mol. The van der Waals surface area contributed by atoms with E-state index in [9.17, 15) is 0 Å². The van der Waals surface area contributed by atoms with Crippen LogP contribution in [-0.2, 0) is 0 Å². The quantitative estimate of drug-likeness (QED) is 0.941. The molecular weight excluding hydrogens is 280 g/mol. The molecule has 0 bridgehead atoms. The van der Waals surface area contributed by atoms with Crippen molar-refractivity contribution in [1.82, 2.24) is 14.9 Å². The second kappa shape index (κ2) is 5.39. The van der Waals surface area contributed by atoms with Gasteiger partial charge in [0.25, 0.3) is 0 Å². The molecular formula is C16H20N4S. The molecule has 2 aromatic heterocycles. The minimum atomic E-state index is 0.494. The largest absolute Gasteiger partial charge is 0.365 e. The molecule has 4 nitrogen and oxygen atoms in total. The first-order valence-electron chi connectivity index (χ1n) is 7.68. The highest BCUT2D eigenvalue weighted by molar-refractivity contribution is 7.13. The van der Waals surface area contributed by atoms with Gasteiger partial charge in [-0.1, -0.05) is 6.07 Å². The third-order valence-corrected chi connectivity index (χ3v) is 5.29. The summed E-state index contributed by atoms with van der Waals surface area (Å²) in [6.45, 7) is 3.48. The maximum absolute atomic E-state index is 4.71. The molecule has 1 aliphatic heterocycles. The van der Waals surface area contributed by atoms with Crippen molar-refractivity contribution in [2.24, 2.45) is 0 Å². The number of rotatable bonds is 4. The molecule has 0 amide bonds. The Kier molecular flexibility index (Phi) is 3.39. The molecule has 1 saturated carbocycles. The Hall–Kier alpha value is -1.46. The van der Waals surface area contributed by atoms with Gasteiger partial charge in [0.15, 0.2) is 0 Å². The van der Waals surface area contributed by atoms with Crippen LogP contribution >= 0.6 is 11.3 Å². The standard InChI is InChI=1S/C16H20N4S/c1-11-7-12(10-20(11)13-4-5-13)18-16-9-17-8-14(19-16)15-3-2-6-21-15/h2-3,6,8-9,11-13H,4-5,7,10H2,1H3,(H,18,19). The lowest BCUT2D eigenvalue weighted by molar-refractivity contribution is 0.257. The Labute approximate surface area is 129 Å². The Balaban J connectivity index is 1.46. The molecule has 1 aliphatic carbocycles. The normalized spacial score (nSPS) is 26.1. The van der Waals surface area contributed by atoms with Crippen LogP contribution in [-0.4, -0.2) is 39.5 Å². The summed E-state index contributed by atoms with van der Waals surface area (Å²) in [4.78, 5) is 12.9. The lowest BCUT2D eigenvalue weighted by atomic mass is 10.2. The van der Waals surface area contributed by atoms with Crippen LogP contribution in [0.25, 0.3) is 10.6 Å². The fourth-order valence-corrected chi connectivity index (χ4v) is 3.94. The van der Waals surface area contributed by atoms with Crippen LogP contribution in [0.5, 0.6) is 0 Å². The van der Waals surface area contributed by atoms with Crippen LogP contribution in [0.2, 0.25) is 0 Å². The number of nitrogens with zero attached hydrogens (tertiary/aromatic N) is 3. The molecule has 1 N–H and O–H groups in total. The molecule has 2 atom stereocenters. The topological polar surface area (TPSA) is 41.1 Å². The zero-order valence-electron chi connectivity index (χ0n) is 12.2. The first-order valence-corrected chi connectivity index (χ1v) is 8.56. The van der Waals surface area contributed by atoms with Gasteiger partial charge in [-0.05, 0) is 37.6 Å². The van der Waals surface area contributed by atoms with Crippen molar-refractivity contribution in [3.63, 3.8) is 0 Å². The maximum Gasteiger partial charge on any atom is 0.145 e. The molecule has 110 valence electrons. The number of thiophene rings is 1. The zero-order valence-corrected chi connectivity index (χ0v) is 13.0. The van der Waals surface area contributed by atoms with Gasteiger partial charge in [-0.3, -0.25) is 9.88 Å². The minimum Gasteiger partial charge on any atom is -0.365 e. The summed E-state index contributed by atoms with van der Waals surface area (Å²) in [7, 11) is 0. The van der Waals surface area contributed by atoms with Crippen LogP contribution in [0.3, 0.4) is 0 Å². The van der Waals surface area contributed by atoms with Crippen molar-refractivity contribution in [2.45, 2.75) is 44.3 Å². The van der Waals surface area contributed by atoms with Gasteiger partial charge in [-0.15, -0.1) is 11.3 Å². The highest BCUT2D eigenvalue weighted by Crippen LogP contribution is 2.34. The smallest absolute Gasteiger partial charge is 0.145 e. The van der Waals surface area contributed by atoms with Gasteiger partial charge in [-0.2, -0.15) is 0 Å². The van der Waals surface area contributed by atoms with Crippen LogP contribution in [0.4, 0.5) is 5.82 Å². The Bertz CT molecular complexity index is 608. The van der Waals surface area contributed by atoms with Crippen molar-refractivity contribution >= 4 is 17.2 Å². The summed E-state index contributed by atoms with van der Waals surface area (Å²) >= 11 is 1.70. The van der Waals surface area contributed by atoms with Gasteiger partial charge in [0.2, 0.25) is 0 Å². The summed E-state index contributed by atoms with van der Waals surface area (Å²) < 4.78 is 0. The first-order chi connectivity index (χ1) is 10.3. The van der Waals surface area contributed by atoms with Crippen molar-refractivity contribution < 1.29 is 0 Å². The second-order valence-electron chi connectivity index (χ2n) is 6.12. The number of aromatic nitrogens is 2. The Morgan fingerprint density at radius 3 is 3.00 bits per heavy atom. The van der Waals surface area contributed by atoms with E-state index in [1.54, 1.807) is 11.3 Å². The molecule has 2 fully saturated rings. The molecule has 21 heavy (non-hydrogen) atoms. The highest BCUT2D eigenvalue weighted by Gasteiger charge is 2.38. The number of nitrogens with one attached hydrogen (secondary N) is 1. The fourth-order valence-electron chi connectivity index (χ4n) is 3.26. The van der Waals surface area contributed by atoms with Gasteiger partial charge in [0.1, 0.15) is 11.5 Å². The van der Waals surface area contributed by atoms with Crippen LogP contribution in [0, 0.1) is 0 Å². The average Bonchev–Trinajstić information content (AvgIpc) is 3.04. The lowest BCUT2D eigenvalue weighted by Gasteiger charge is -2.19. The molecule has 2 aliphatic rings. The van der Waals surface area contributed by atoms with Gasteiger partial charge >= 0.3 is 0 Å². The van der Waals surface area contributed by atoms with Gasteiger partial charge < -0.3 is 5.32 Å². The van der Waals surface area contributed by atoms with E-state index in [2.05, 4.69) is 33.6 Å². The van der Waals surface area contributed by atoms with Gasteiger partial charge in [-0.25, -0.2) is 4.98 Å². The molecule has 5 heteroatoms. The number of anilines is 1. The second-order valence-corrected chi connectivity index (χ2v) is 7.07. The molecule has 0 radical (unpaired) electrons. The molecule has 3 heterocycles. The molecule has 2 unspecified atom stereocenters. The van der Waals surface area contributed by atoms with E-state index >= 15 is 0 Å². The zero-order chi connectivity index (χ0) is 14.2. The van der Waals surface area contributed by atoms with Crippen molar-refractivity contribution in [3.05, 3.63) is 29.9 Å². The number of hydrogen-bond acceptors (Lipinski definition) is 5. The summed E-state index contributed by atoms with van der Waals surface area (Å²) in [6, 6.07) is 6.16. The van der Waals surface area contributed by atoms with E-state index in [4.69, 9.17) is 4.98 Å². The van der Waals surface area contributed by atoms with E-state index in [1.165, 1.54) is 24.1 Å². The number of hydrogen-bond donors (Lipinski definition) is 1.